The van der Waals surface area contributed by atoms with Gasteiger partial charge in [-0.15, -0.1) is 0 Å². The lowest BCUT2D eigenvalue weighted by atomic mass is 9.90. The van der Waals surface area contributed by atoms with E-state index >= 15 is 17.6 Å². The van der Waals surface area contributed by atoms with Crippen LogP contribution in [0.3, 0.4) is 0 Å². The van der Waals surface area contributed by atoms with E-state index in [1.165, 1.54) is 48.5 Å². The van der Waals surface area contributed by atoms with Gasteiger partial charge in [-0.3, -0.25) is 0 Å². The standard InChI is InChI=1S/C44H22F4N4/c45-29-9-13-33-34-14-10-30(46)20-40(34)51(39(33)19-29)37-17-18-38(52-41-21-31(47)11-15-35(41)36-16-12-32(48)22-42(36)52)44(28-7-3-26(24-50)4-8-28)43(37)27-5-1-25(23-49)2-6-27/h1-22H. The highest BCUT2D eigenvalue weighted by molar-refractivity contribution is 6.12. The largest absolute Gasteiger partial charge is 0.308 e. The molecule has 8 heteroatoms. The van der Waals surface area contributed by atoms with Crippen LogP contribution in [0.15, 0.2) is 133 Å². The molecule has 0 N–H and O–H groups in total. The van der Waals surface area contributed by atoms with Gasteiger partial charge in [-0.1, -0.05) is 24.3 Å². The maximum atomic E-state index is 15.1. The Morgan fingerprint density at radius 3 is 0.923 bits per heavy atom. The molecule has 0 radical (unpaired) electrons. The Kier molecular flexibility index (Phi) is 6.96. The van der Waals surface area contributed by atoms with Gasteiger partial charge in [0.1, 0.15) is 23.3 Å². The molecule has 7 aromatic carbocycles. The zero-order valence-corrected chi connectivity index (χ0v) is 27.0. The number of hydrogen-bond donors (Lipinski definition) is 0. The number of fused-ring (bicyclic) bond motifs is 6. The van der Waals surface area contributed by atoms with Gasteiger partial charge in [-0.25, -0.2) is 17.6 Å². The zero-order valence-electron chi connectivity index (χ0n) is 27.0. The predicted octanol–water partition coefficient (Wildman–Crippen LogP) is 11.5. The van der Waals surface area contributed by atoms with Crippen molar-refractivity contribution in [2.45, 2.75) is 0 Å². The first-order valence-corrected chi connectivity index (χ1v) is 16.3. The number of hydrogen-bond acceptors (Lipinski definition) is 2. The van der Waals surface area contributed by atoms with E-state index in [1.807, 2.05) is 21.3 Å². The molecule has 0 aliphatic heterocycles. The molecule has 0 atom stereocenters. The van der Waals surface area contributed by atoms with Crippen molar-refractivity contribution < 1.29 is 17.6 Å². The number of halogens is 4. The summed E-state index contributed by atoms with van der Waals surface area (Å²) in [6.07, 6.45) is 0. The molecule has 4 nitrogen and oxygen atoms in total. The molecule has 0 unspecified atom stereocenters. The molecule has 0 aliphatic carbocycles. The maximum Gasteiger partial charge on any atom is 0.125 e. The monoisotopic (exact) mass is 682 g/mol. The van der Waals surface area contributed by atoms with E-state index in [0.29, 0.717) is 88.4 Å². The molecule has 9 aromatic rings. The van der Waals surface area contributed by atoms with E-state index in [-0.39, 0.29) is 0 Å². The molecule has 0 aliphatic rings. The third-order valence-electron chi connectivity index (χ3n) is 9.63. The van der Waals surface area contributed by atoms with Crippen LogP contribution in [0, 0.1) is 45.9 Å². The van der Waals surface area contributed by atoms with E-state index < -0.39 is 23.3 Å². The average Bonchev–Trinajstić information content (AvgIpc) is 3.64. The van der Waals surface area contributed by atoms with Crippen LogP contribution < -0.4 is 0 Å². The van der Waals surface area contributed by atoms with E-state index in [4.69, 9.17) is 0 Å². The van der Waals surface area contributed by atoms with Gasteiger partial charge in [0.25, 0.3) is 0 Å². The summed E-state index contributed by atoms with van der Waals surface area (Å²) in [6, 6.07) is 39.7. The van der Waals surface area contributed by atoms with Crippen LogP contribution in [0.2, 0.25) is 0 Å². The summed E-state index contributed by atoms with van der Waals surface area (Å²) in [5, 5.41) is 22.2. The van der Waals surface area contributed by atoms with Crippen molar-refractivity contribution in [1.29, 1.82) is 10.5 Å². The number of rotatable bonds is 4. The Balaban J connectivity index is 1.51. The fourth-order valence-electron chi connectivity index (χ4n) is 7.41. The van der Waals surface area contributed by atoms with E-state index in [2.05, 4.69) is 12.1 Å². The minimum atomic E-state index is -0.477. The van der Waals surface area contributed by atoms with Crippen LogP contribution >= 0.6 is 0 Å². The van der Waals surface area contributed by atoms with Gasteiger partial charge in [-0.05, 0) is 120 Å². The first kappa shape index (κ1) is 30.9. The molecule has 2 heterocycles. The molecule has 0 saturated heterocycles. The minimum Gasteiger partial charge on any atom is -0.308 e. The normalized spacial score (nSPS) is 11.4. The predicted molar refractivity (Wildman–Crippen MR) is 195 cm³/mol. The Morgan fingerprint density at radius 1 is 0.365 bits per heavy atom. The Morgan fingerprint density at radius 2 is 0.654 bits per heavy atom. The molecular weight excluding hydrogens is 661 g/mol. The van der Waals surface area contributed by atoms with Gasteiger partial charge in [0.2, 0.25) is 0 Å². The van der Waals surface area contributed by atoms with Crippen LogP contribution in [0.25, 0.3) is 77.2 Å². The lowest BCUT2D eigenvalue weighted by molar-refractivity contribution is 0.628. The Labute approximate surface area is 293 Å². The maximum absolute atomic E-state index is 15.1. The lowest BCUT2D eigenvalue weighted by Crippen LogP contribution is -2.05. The topological polar surface area (TPSA) is 57.4 Å². The molecule has 52 heavy (non-hydrogen) atoms. The van der Waals surface area contributed by atoms with Gasteiger partial charge in [0.15, 0.2) is 0 Å². The summed E-state index contributed by atoms with van der Waals surface area (Å²) in [5.74, 6) is -1.91. The minimum absolute atomic E-state index is 0.427. The second-order valence-corrected chi connectivity index (χ2v) is 12.5. The fourth-order valence-corrected chi connectivity index (χ4v) is 7.41. The molecular formula is C44H22F4N4. The van der Waals surface area contributed by atoms with Crippen molar-refractivity contribution in [2.75, 3.05) is 0 Å². The SMILES string of the molecule is N#Cc1ccc(-c2c(-n3c4cc(F)ccc4c4ccc(F)cc43)ccc(-n3c4cc(F)ccc4c4ccc(F)cc43)c2-c2ccc(C#N)cc2)cc1. The van der Waals surface area contributed by atoms with Gasteiger partial charge in [0, 0.05) is 32.7 Å². The number of aromatic nitrogens is 2. The fraction of sp³-hybridized carbons (Fsp3) is 0. The third kappa shape index (κ3) is 4.74. The lowest BCUT2D eigenvalue weighted by Gasteiger charge is -2.23. The van der Waals surface area contributed by atoms with Gasteiger partial charge in [-0.2, -0.15) is 10.5 Å². The van der Waals surface area contributed by atoms with Gasteiger partial charge >= 0.3 is 0 Å². The average molecular weight is 683 g/mol. The van der Waals surface area contributed by atoms with Crippen LogP contribution in [0.1, 0.15) is 11.1 Å². The van der Waals surface area contributed by atoms with E-state index in [1.54, 1.807) is 72.8 Å². The summed E-state index contributed by atoms with van der Waals surface area (Å²) < 4.78 is 63.9. The molecule has 0 spiro atoms. The summed E-state index contributed by atoms with van der Waals surface area (Å²) in [5.41, 5.74) is 6.50. The molecule has 0 bridgehead atoms. The van der Waals surface area contributed by atoms with Crippen molar-refractivity contribution in [2.24, 2.45) is 0 Å². The van der Waals surface area contributed by atoms with E-state index in [9.17, 15) is 10.5 Å². The highest BCUT2D eigenvalue weighted by Gasteiger charge is 2.25. The second-order valence-electron chi connectivity index (χ2n) is 12.5. The Hall–Kier alpha value is -7.16. The zero-order chi connectivity index (χ0) is 35.7. The highest BCUT2D eigenvalue weighted by Crippen LogP contribution is 2.46. The van der Waals surface area contributed by atoms with Crippen LogP contribution in [-0.2, 0) is 0 Å². The number of benzene rings is 7. The molecule has 9 rings (SSSR count). The molecule has 0 fully saturated rings. The van der Waals surface area contributed by atoms with Gasteiger partial charge < -0.3 is 9.13 Å². The molecule has 2 aromatic heterocycles. The van der Waals surface area contributed by atoms with Crippen LogP contribution in [0.5, 0.6) is 0 Å². The number of nitrogens with zero attached hydrogens (tertiary/aromatic N) is 4. The Bertz CT molecular complexity index is 2690. The first-order valence-electron chi connectivity index (χ1n) is 16.3. The third-order valence-corrected chi connectivity index (χ3v) is 9.63. The number of nitriles is 2. The highest BCUT2D eigenvalue weighted by atomic mass is 19.1. The quantitative estimate of drug-likeness (QED) is 0.174. The van der Waals surface area contributed by atoms with Crippen molar-refractivity contribution >= 4 is 43.6 Å². The second kappa shape index (κ2) is 11.7. The molecule has 0 amide bonds. The van der Waals surface area contributed by atoms with Crippen molar-refractivity contribution in [1.82, 2.24) is 9.13 Å². The van der Waals surface area contributed by atoms with Crippen molar-refractivity contribution in [3.63, 3.8) is 0 Å². The summed E-state index contributed by atoms with van der Waals surface area (Å²) >= 11 is 0. The smallest absolute Gasteiger partial charge is 0.125 e. The van der Waals surface area contributed by atoms with Crippen LogP contribution in [0.4, 0.5) is 17.6 Å². The van der Waals surface area contributed by atoms with Gasteiger partial charge in [0.05, 0.1) is 56.7 Å². The molecule has 0 saturated carbocycles. The summed E-state index contributed by atoms with van der Waals surface area (Å²) in [7, 11) is 0. The van der Waals surface area contributed by atoms with E-state index in [0.717, 1.165) is 0 Å². The first-order chi connectivity index (χ1) is 25.3. The molecule has 246 valence electrons. The van der Waals surface area contributed by atoms with Crippen LogP contribution in [-0.4, -0.2) is 9.13 Å². The van der Waals surface area contributed by atoms with Crippen molar-refractivity contribution in [3.05, 3.63) is 168 Å². The summed E-state index contributed by atoms with van der Waals surface area (Å²) in [4.78, 5) is 0. The van der Waals surface area contributed by atoms with Crippen molar-refractivity contribution in [3.8, 4) is 45.8 Å². The summed E-state index contributed by atoms with van der Waals surface area (Å²) in [6.45, 7) is 0.